The minimum absolute atomic E-state index is 0.00531. The van der Waals surface area contributed by atoms with Gasteiger partial charge in [0.2, 0.25) is 11.8 Å². The fourth-order valence-corrected chi connectivity index (χ4v) is 6.72. The number of aryl methyl sites for hydroxylation is 2. The summed E-state index contributed by atoms with van der Waals surface area (Å²) in [7, 11) is -4.29. The van der Waals surface area contributed by atoms with Crippen LogP contribution in [0.25, 0.3) is 0 Å². The van der Waals surface area contributed by atoms with Crippen molar-refractivity contribution in [2.24, 2.45) is 0 Å². The zero-order valence-electron chi connectivity index (χ0n) is 25.5. The Balaban J connectivity index is 1.82. The Morgan fingerprint density at radius 3 is 2.04 bits per heavy atom. The molecule has 0 bridgehead atoms. The van der Waals surface area contributed by atoms with Crippen LogP contribution >= 0.6 is 23.2 Å². The molecule has 10 heteroatoms. The quantitative estimate of drug-likeness (QED) is 0.167. The Hall–Kier alpha value is -3.85. The van der Waals surface area contributed by atoms with Gasteiger partial charge in [-0.1, -0.05) is 114 Å². The molecule has 1 atom stereocenters. The van der Waals surface area contributed by atoms with Gasteiger partial charge in [-0.2, -0.15) is 0 Å². The van der Waals surface area contributed by atoms with Crippen molar-refractivity contribution >= 4 is 50.7 Å². The zero-order chi connectivity index (χ0) is 32.6. The monoisotopic (exact) mass is 665 g/mol. The van der Waals surface area contributed by atoms with Crippen LogP contribution in [0.3, 0.4) is 0 Å². The topological polar surface area (TPSA) is 86.8 Å². The maximum absolute atomic E-state index is 14.5. The molecule has 0 aliphatic rings. The second kappa shape index (κ2) is 15.4. The Kier molecular flexibility index (Phi) is 11.7. The lowest BCUT2D eigenvalue weighted by molar-refractivity contribution is -0.140. The molecule has 45 heavy (non-hydrogen) atoms. The average molecular weight is 667 g/mol. The van der Waals surface area contributed by atoms with Crippen molar-refractivity contribution in [3.8, 4) is 0 Å². The number of amides is 2. The smallest absolute Gasteiger partial charge is 0.264 e. The number of halogens is 2. The predicted molar refractivity (Wildman–Crippen MR) is 181 cm³/mol. The summed E-state index contributed by atoms with van der Waals surface area (Å²) < 4.78 is 29.3. The number of hydrogen-bond donors (Lipinski definition) is 1. The first-order valence-electron chi connectivity index (χ1n) is 14.7. The van der Waals surface area contributed by atoms with Gasteiger partial charge in [-0.05, 0) is 55.7 Å². The number of carbonyl (C=O) groups is 2. The van der Waals surface area contributed by atoms with Crippen molar-refractivity contribution in [3.05, 3.63) is 129 Å². The summed E-state index contributed by atoms with van der Waals surface area (Å²) in [5.41, 5.74) is 3.64. The highest BCUT2D eigenvalue weighted by Crippen LogP contribution is 2.35. The first-order valence-corrected chi connectivity index (χ1v) is 16.9. The minimum atomic E-state index is -4.29. The molecule has 4 aromatic carbocycles. The van der Waals surface area contributed by atoms with Crippen LogP contribution in [0, 0.1) is 13.8 Å². The normalized spacial score (nSPS) is 11.9. The van der Waals surface area contributed by atoms with Gasteiger partial charge >= 0.3 is 0 Å². The Morgan fingerprint density at radius 1 is 0.800 bits per heavy atom. The standard InChI is InChI=1S/C35H37Cl2N3O4S/c1-4-21-38-35(42)32(22-27-9-6-5-7-10-27)39(23-28-17-13-25(2)14-18-28)33(41)24-40(31-12-8-11-30(36)34(31)37)45(43,44)29-19-15-26(3)16-20-29/h5-20,32H,4,21-24H2,1-3H3,(H,38,42)/t32-/m1/s1. The van der Waals surface area contributed by atoms with Crippen LogP contribution in [-0.4, -0.2) is 44.3 Å². The molecule has 0 radical (unpaired) electrons. The third kappa shape index (κ3) is 8.66. The summed E-state index contributed by atoms with van der Waals surface area (Å²) in [6, 6.07) is 27.1. The Labute approximate surface area is 275 Å². The molecule has 1 N–H and O–H groups in total. The third-order valence-corrected chi connectivity index (χ3v) is 9.96. The van der Waals surface area contributed by atoms with E-state index in [1.165, 1.54) is 23.1 Å². The first kappa shape index (κ1) is 34.0. The van der Waals surface area contributed by atoms with E-state index in [1.54, 1.807) is 24.3 Å². The van der Waals surface area contributed by atoms with Crippen molar-refractivity contribution < 1.29 is 18.0 Å². The van der Waals surface area contributed by atoms with Gasteiger partial charge in [-0.25, -0.2) is 8.42 Å². The number of sulfonamides is 1. The molecule has 0 saturated carbocycles. The van der Waals surface area contributed by atoms with E-state index in [1.807, 2.05) is 75.4 Å². The van der Waals surface area contributed by atoms with Crippen molar-refractivity contribution in [1.29, 1.82) is 0 Å². The van der Waals surface area contributed by atoms with Crippen molar-refractivity contribution in [2.45, 2.75) is 51.1 Å². The van der Waals surface area contributed by atoms with Gasteiger partial charge in [0, 0.05) is 19.5 Å². The zero-order valence-corrected chi connectivity index (χ0v) is 27.9. The van der Waals surface area contributed by atoms with Gasteiger partial charge in [0.15, 0.2) is 0 Å². The molecule has 4 aromatic rings. The van der Waals surface area contributed by atoms with Crippen LogP contribution in [0.2, 0.25) is 10.0 Å². The van der Waals surface area contributed by atoms with Crippen LogP contribution in [0.5, 0.6) is 0 Å². The molecule has 0 unspecified atom stereocenters. The van der Waals surface area contributed by atoms with E-state index in [-0.39, 0.29) is 39.5 Å². The van der Waals surface area contributed by atoms with E-state index < -0.39 is 28.5 Å². The van der Waals surface area contributed by atoms with Crippen LogP contribution in [-0.2, 0) is 32.6 Å². The molecule has 4 rings (SSSR count). The summed E-state index contributed by atoms with van der Waals surface area (Å²) in [6.45, 7) is 5.66. The molecule has 0 aliphatic carbocycles. The second-order valence-electron chi connectivity index (χ2n) is 10.9. The van der Waals surface area contributed by atoms with Gasteiger partial charge in [0.25, 0.3) is 10.0 Å². The van der Waals surface area contributed by atoms with Crippen LogP contribution in [0.15, 0.2) is 102 Å². The molecule has 2 amide bonds. The van der Waals surface area contributed by atoms with E-state index in [9.17, 15) is 18.0 Å². The van der Waals surface area contributed by atoms with Crippen molar-refractivity contribution in [2.75, 3.05) is 17.4 Å². The number of hydrogen-bond acceptors (Lipinski definition) is 4. The molecule has 0 fully saturated rings. The maximum atomic E-state index is 14.5. The average Bonchev–Trinajstić information content (AvgIpc) is 3.03. The fourth-order valence-electron chi connectivity index (χ4n) is 4.85. The van der Waals surface area contributed by atoms with E-state index in [4.69, 9.17) is 23.2 Å². The summed E-state index contributed by atoms with van der Waals surface area (Å²) >= 11 is 12.9. The van der Waals surface area contributed by atoms with Crippen LogP contribution in [0.4, 0.5) is 5.69 Å². The minimum Gasteiger partial charge on any atom is -0.354 e. The highest BCUT2D eigenvalue weighted by atomic mass is 35.5. The molecular formula is C35H37Cl2N3O4S. The van der Waals surface area contributed by atoms with Crippen LogP contribution in [0.1, 0.15) is 35.6 Å². The first-order chi connectivity index (χ1) is 21.5. The van der Waals surface area contributed by atoms with E-state index in [0.717, 1.165) is 26.6 Å². The molecule has 7 nitrogen and oxygen atoms in total. The summed E-state index contributed by atoms with van der Waals surface area (Å²) in [6.07, 6.45) is 0.947. The molecular weight excluding hydrogens is 629 g/mol. The number of rotatable bonds is 13. The lowest BCUT2D eigenvalue weighted by atomic mass is 10.0. The Bertz CT molecular complexity index is 1710. The number of nitrogens with zero attached hydrogens (tertiary/aromatic N) is 2. The highest BCUT2D eigenvalue weighted by molar-refractivity contribution is 7.92. The molecule has 0 heterocycles. The van der Waals surface area contributed by atoms with Crippen LogP contribution < -0.4 is 9.62 Å². The van der Waals surface area contributed by atoms with Crippen molar-refractivity contribution in [3.63, 3.8) is 0 Å². The number of anilines is 1. The van der Waals surface area contributed by atoms with E-state index >= 15 is 0 Å². The third-order valence-electron chi connectivity index (χ3n) is 7.38. The molecule has 0 aliphatic heterocycles. The second-order valence-corrected chi connectivity index (χ2v) is 13.5. The SMILES string of the molecule is CCCNC(=O)[C@@H](Cc1ccccc1)N(Cc1ccc(C)cc1)C(=O)CN(c1cccc(Cl)c1Cl)S(=O)(=O)c1ccc(C)cc1. The fraction of sp³-hybridized carbons (Fsp3) is 0.257. The summed E-state index contributed by atoms with van der Waals surface area (Å²) in [4.78, 5) is 29.7. The summed E-state index contributed by atoms with van der Waals surface area (Å²) in [5.74, 6) is -0.898. The number of nitrogens with one attached hydrogen (secondary N) is 1. The van der Waals surface area contributed by atoms with Gasteiger partial charge in [-0.3, -0.25) is 13.9 Å². The number of benzene rings is 4. The van der Waals surface area contributed by atoms with E-state index in [2.05, 4.69) is 5.32 Å². The largest absolute Gasteiger partial charge is 0.354 e. The van der Waals surface area contributed by atoms with Crippen molar-refractivity contribution in [1.82, 2.24) is 10.2 Å². The van der Waals surface area contributed by atoms with Gasteiger partial charge < -0.3 is 10.2 Å². The maximum Gasteiger partial charge on any atom is 0.264 e. The summed E-state index contributed by atoms with van der Waals surface area (Å²) in [5, 5.41) is 3.08. The van der Waals surface area contributed by atoms with E-state index in [0.29, 0.717) is 13.0 Å². The molecule has 0 aromatic heterocycles. The Morgan fingerprint density at radius 2 is 1.42 bits per heavy atom. The molecule has 236 valence electrons. The lowest BCUT2D eigenvalue weighted by Crippen LogP contribution is -2.53. The number of carbonyl (C=O) groups excluding carboxylic acids is 2. The predicted octanol–water partition coefficient (Wildman–Crippen LogP) is 6.97. The lowest BCUT2D eigenvalue weighted by Gasteiger charge is -2.34. The molecule has 0 spiro atoms. The van der Waals surface area contributed by atoms with Gasteiger partial charge in [0.05, 0.1) is 20.6 Å². The van der Waals surface area contributed by atoms with Gasteiger partial charge in [0.1, 0.15) is 12.6 Å². The highest BCUT2D eigenvalue weighted by Gasteiger charge is 2.35. The van der Waals surface area contributed by atoms with Gasteiger partial charge in [-0.15, -0.1) is 0 Å². The molecule has 0 saturated heterocycles.